The van der Waals surface area contributed by atoms with Crippen molar-refractivity contribution in [1.29, 1.82) is 0 Å². The SMILES string of the molecule is CSCCNC(=O)c1cc(NN)nc(C(C)(C)C)c1. The van der Waals surface area contributed by atoms with Gasteiger partial charge in [-0.2, -0.15) is 11.8 Å². The summed E-state index contributed by atoms with van der Waals surface area (Å²) in [5.41, 5.74) is 3.78. The van der Waals surface area contributed by atoms with E-state index in [0.29, 0.717) is 17.9 Å². The van der Waals surface area contributed by atoms with E-state index in [-0.39, 0.29) is 11.3 Å². The van der Waals surface area contributed by atoms with Crippen LogP contribution in [0.15, 0.2) is 12.1 Å². The molecule has 0 spiro atoms. The van der Waals surface area contributed by atoms with Crippen molar-refractivity contribution in [3.63, 3.8) is 0 Å². The van der Waals surface area contributed by atoms with Crippen LogP contribution in [-0.4, -0.2) is 29.4 Å². The first-order valence-electron chi connectivity index (χ1n) is 6.15. The summed E-state index contributed by atoms with van der Waals surface area (Å²) in [7, 11) is 0. The minimum absolute atomic E-state index is 0.0987. The van der Waals surface area contributed by atoms with Crippen molar-refractivity contribution in [3.05, 3.63) is 23.4 Å². The van der Waals surface area contributed by atoms with Crippen LogP contribution < -0.4 is 16.6 Å². The van der Waals surface area contributed by atoms with Gasteiger partial charge in [0.2, 0.25) is 0 Å². The molecule has 0 saturated heterocycles. The Hall–Kier alpha value is -1.27. The van der Waals surface area contributed by atoms with Crippen LogP contribution in [0.25, 0.3) is 0 Å². The lowest BCUT2D eigenvalue weighted by Gasteiger charge is -2.19. The molecule has 1 amide bonds. The van der Waals surface area contributed by atoms with Gasteiger partial charge in [-0.05, 0) is 18.4 Å². The molecule has 0 atom stereocenters. The van der Waals surface area contributed by atoms with E-state index in [0.717, 1.165) is 11.4 Å². The second-order valence-corrected chi connectivity index (χ2v) is 6.25. The second kappa shape index (κ2) is 6.77. The number of aromatic nitrogens is 1. The van der Waals surface area contributed by atoms with Gasteiger partial charge in [-0.1, -0.05) is 20.8 Å². The Labute approximate surface area is 118 Å². The Morgan fingerprint density at radius 3 is 2.63 bits per heavy atom. The molecule has 0 aliphatic rings. The fourth-order valence-electron chi connectivity index (χ4n) is 1.49. The molecule has 0 aliphatic carbocycles. The van der Waals surface area contributed by atoms with E-state index in [1.54, 1.807) is 17.8 Å². The molecule has 1 rings (SSSR count). The molecule has 6 heteroatoms. The van der Waals surface area contributed by atoms with Crippen LogP contribution in [0, 0.1) is 0 Å². The van der Waals surface area contributed by atoms with Gasteiger partial charge in [-0.15, -0.1) is 0 Å². The molecule has 0 fully saturated rings. The van der Waals surface area contributed by atoms with E-state index in [9.17, 15) is 4.79 Å². The summed E-state index contributed by atoms with van der Waals surface area (Å²) in [6.07, 6.45) is 2.01. The van der Waals surface area contributed by atoms with Crippen molar-refractivity contribution < 1.29 is 4.79 Å². The number of amides is 1. The van der Waals surface area contributed by atoms with Gasteiger partial charge >= 0.3 is 0 Å². The van der Waals surface area contributed by atoms with Gasteiger partial charge < -0.3 is 10.7 Å². The summed E-state index contributed by atoms with van der Waals surface area (Å²) in [5, 5.41) is 2.87. The van der Waals surface area contributed by atoms with E-state index < -0.39 is 0 Å². The quantitative estimate of drug-likeness (QED) is 0.435. The first-order valence-corrected chi connectivity index (χ1v) is 7.54. The van der Waals surface area contributed by atoms with Crippen LogP contribution in [0.2, 0.25) is 0 Å². The molecule has 0 unspecified atom stereocenters. The van der Waals surface area contributed by atoms with E-state index in [1.807, 2.05) is 33.1 Å². The highest BCUT2D eigenvalue weighted by molar-refractivity contribution is 7.98. The molecule has 0 radical (unpaired) electrons. The van der Waals surface area contributed by atoms with Crippen molar-refractivity contribution in [2.45, 2.75) is 26.2 Å². The molecule has 5 nitrogen and oxygen atoms in total. The first kappa shape index (κ1) is 15.8. The molecule has 19 heavy (non-hydrogen) atoms. The Kier molecular flexibility index (Phi) is 5.62. The number of rotatable bonds is 5. The smallest absolute Gasteiger partial charge is 0.251 e. The third kappa shape index (κ3) is 4.72. The zero-order valence-corrected chi connectivity index (χ0v) is 12.7. The minimum atomic E-state index is -0.138. The number of pyridine rings is 1. The fourth-order valence-corrected chi connectivity index (χ4v) is 1.79. The van der Waals surface area contributed by atoms with E-state index in [4.69, 9.17) is 5.84 Å². The van der Waals surface area contributed by atoms with Crippen LogP contribution in [0.1, 0.15) is 36.8 Å². The van der Waals surface area contributed by atoms with Gasteiger partial charge in [-0.3, -0.25) is 4.79 Å². The maximum Gasteiger partial charge on any atom is 0.251 e. The zero-order chi connectivity index (χ0) is 14.5. The predicted octanol–water partition coefficient (Wildman–Crippen LogP) is 1.76. The van der Waals surface area contributed by atoms with Crippen molar-refractivity contribution in [3.8, 4) is 0 Å². The molecule has 106 valence electrons. The maximum atomic E-state index is 12.1. The number of nitrogens with zero attached hydrogens (tertiary/aromatic N) is 1. The van der Waals surface area contributed by atoms with Gasteiger partial charge in [0.05, 0.1) is 0 Å². The maximum absolute atomic E-state index is 12.1. The number of anilines is 1. The molecule has 0 saturated carbocycles. The summed E-state index contributed by atoms with van der Waals surface area (Å²) in [6, 6.07) is 3.47. The number of hydrazine groups is 1. The minimum Gasteiger partial charge on any atom is -0.351 e. The van der Waals surface area contributed by atoms with Gasteiger partial charge in [0.25, 0.3) is 5.91 Å². The number of nitrogen functional groups attached to an aromatic ring is 1. The highest BCUT2D eigenvalue weighted by Crippen LogP contribution is 2.23. The van der Waals surface area contributed by atoms with Crippen molar-refractivity contribution in [2.75, 3.05) is 24.0 Å². The van der Waals surface area contributed by atoms with Crippen LogP contribution in [0.3, 0.4) is 0 Å². The Morgan fingerprint density at radius 2 is 2.11 bits per heavy atom. The highest BCUT2D eigenvalue weighted by atomic mass is 32.2. The molecular formula is C13H22N4OS. The number of carbonyl (C=O) groups is 1. The topological polar surface area (TPSA) is 80.0 Å². The third-order valence-electron chi connectivity index (χ3n) is 2.60. The van der Waals surface area contributed by atoms with Crippen LogP contribution >= 0.6 is 11.8 Å². The summed E-state index contributed by atoms with van der Waals surface area (Å²) in [6.45, 7) is 6.79. The van der Waals surface area contributed by atoms with Gasteiger partial charge in [0.15, 0.2) is 0 Å². The summed E-state index contributed by atoms with van der Waals surface area (Å²) in [4.78, 5) is 16.4. The average molecular weight is 282 g/mol. The van der Waals surface area contributed by atoms with Crippen molar-refractivity contribution >= 4 is 23.5 Å². The lowest BCUT2D eigenvalue weighted by Crippen LogP contribution is -2.27. The number of carbonyl (C=O) groups excluding carboxylic acids is 1. The van der Waals surface area contributed by atoms with Gasteiger partial charge in [0.1, 0.15) is 5.82 Å². The molecule has 1 aromatic heterocycles. The van der Waals surface area contributed by atoms with Crippen molar-refractivity contribution in [2.24, 2.45) is 5.84 Å². The summed E-state index contributed by atoms with van der Waals surface area (Å²) >= 11 is 1.69. The van der Waals surface area contributed by atoms with E-state index >= 15 is 0 Å². The lowest BCUT2D eigenvalue weighted by atomic mass is 9.90. The van der Waals surface area contributed by atoms with Crippen molar-refractivity contribution in [1.82, 2.24) is 10.3 Å². The number of thioether (sulfide) groups is 1. The van der Waals surface area contributed by atoms with Gasteiger partial charge in [0, 0.05) is 29.0 Å². The Morgan fingerprint density at radius 1 is 1.42 bits per heavy atom. The van der Waals surface area contributed by atoms with E-state index in [2.05, 4.69) is 15.7 Å². The first-order chi connectivity index (χ1) is 8.88. The fraction of sp³-hybridized carbons (Fsp3) is 0.538. The standard InChI is InChI=1S/C13H22N4OS/c1-13(2,3)10-7-9(8-11(16-10)17-14)12(18)15-5-6-19-4/h7-8H,5-6,14H2,1-4H3,(H,15,18)(H,16,17). The van der Waals surface area contributed by atoms with Crippen LogP contribution in [0.5, 0.6) is 0 Å². The summed E-state index contributed by atoms with van der Waals surface area (Å²) < 4.78 is 0. The number of nitrogens with one attached hydrogen (secondary N) is 2. The normalized spacial score (nSPS) is 11.2. The number of hydrogen-bond acceptors (Lipinski definition) is 5. The molecule has 0 aromatic carbocycles. The Balaban J connectivity index is 2.97. The molecule has 0 aliphatic heterocycles. The monoisotopic (exact) mass is 282 g/mol. The third-order valence-corrected chi connectivity index (χ3v) is 3.21. The lowest BCUT2D eigenvalue weighted by molar-refractivity contribution is 0.0956. The molecule has 1 aromatic rings. The number of hydrogen-bond donors (Lipinski definition) is 3. The zero-order valence-electron chi connectivity index (χ0n) is 11.9. The molecule has 1 heterocycles. The van der Waals surface area contributed by atoms with Crippen LogP contribution in [-0.2, 0) is 5.41 Å². The Bertz CT molecular complexity index is 443. The van der Waals surface area contributed by atoms with Crippen LogP contribution in [0.4, 0.5) is 5.82 Å². The molecule has 0 bridgehead atoms. The van der Waals surface area contributed by atoms with E-state index in [1.165, 1.54) is 0 Å². The predicted molar refractivity (Wildman–Crippen MR) is 81.5 cm³/mol. The van der Waals surface area contributed by atoms with Gasteiger partial charge in [-0.25, -0.2) is 10.8 Å². The molecular weight excluding hydrogens is 260 g/mol. The largest absolute Gasteiger partial charge is 0.351 e. The summed E-state index contributed by atoms with van der Waals surface area (Å²) in [5.74, 6) is 6.70. The second-order valence-electron chi connectivity index (χ2n) is 5.27. The average Bonchev–Trinajstić information content (AvgIpc) is 2.37. The molecule has 4 N–H and O–H groups in total. The highest BCUT2D eigenvalue weighted by Gasteiger charge is 2.19. The number of nitrogens with two attached hydrogens (primary N) is 1.